The van der Waals surface area contributed by atoms with E-state index in [2.05, 4.69) is 6.55 Å². The highest BCUT2D eigenvalue weighted by atomic mass is 32.2. The zero-order valence-corrected chi connectivity index (χ0v) is 17.6. The van der Waals surface area contributed by atoms with Gasteiger partial charge in [-0.3, -0.25) is 0 Å². The average molecular weight is 359 g/mol. The molecule has 1 aliphatic heterocycles. The molecule has 1 saturated heterocycles. The normalized spacial score (nSPS) is 16.4. The summed E-state index contributed by atoms with van der Waals surface area (Å²) in [7, 11) is -0.616. The average Bonchev–Trinajstić information content (AvgIpc) is 2.53. The van der Waals surface area contributed by atoms with Gasteiger partial charge in [0.05, 0.1) is 8.07 Å². The maximum atomic E-state index is 8.70. The third kappa shape index (κ3) is 12.5. The quantitative estimate of drug-likeness (QED) is 0.226. The van der Waals surface area contributed by atoms with Crippen LogP contribution in [0.3, 0.4) is 0 Å². The molecule has 23 heavy (non-hydrogen) atoms. The van der Waals surface area contributed by atoms with E-state index in [1.807, 2.05) is 11.8 Å². The van der Waals surface area contributed by atoms with Crippen molar-refractivity contribution >= 4 is 19.8 Å². The fourth-order valence-electron chi connectivity index (χ4n) is 3.65. The van der Waals surface area contributed by atoms with Crippen molar-refractivity contribution < 1.29 is 5.11 Å². The Morgan fingerprint density at radius 1 is 0.696 bits per heavy atom. The van der Waals surface area contributed by atoms with E-state index in [9.17, 15) is 0 Å². The summed E-state index contributed by atoms with van der Waals surface area (Å²) >= 11 is 2.01. The second-order valence-corrected chi connectivity index (χ2v) is 14.3. The van der Waals surface area contributed by atoms with Gasteiger partial charge >= 0.3 is 0 Å². The predicted octanol–water partition coefficient (Wildman–Crippen LogP) is 6.88. The number of hydrogen-bond acceptors (Lipinski definition) is 2. The maximum absolute atomic E-state index is 8.70. The smallest absolute Gasteiger partial charge is 0.0504 e. The molecule has 0 aromatic rings. The minimum Gasteiger partial charge on any atom is -0.396 e. The van der Waals surface area contributed by atoms with E-state index >= 15 is 0 Å². The van der Waals surface area contributed by atoms with Crippen LogP contribution in [-0.4, -0.2) is 31.3 Å². The van der Waals surface area contributed by atoms with Gasteiger partial charge in [-0.15, -0.1) is 0 Å². The van der Waals surface area contributed by atoms with Gasteiger partial charge in [0.1, 0.15) is 0 Å². The van der Waals surface area contributed by atoms with Crippen molar-refractivity contribution in [3.63, 3.8) is 0 Å². The first-order chi connectivity index (χ1) is 11.3. The molecule has 1 nitrogen and oxygen atoms in total. The molecule has 138 valence electrons. The summed E-state index contributed by atoms with van der Waals surface area (Å²) < 4.78 is 0. The van der Waals surface area contributed by atoms with Gasteiger partial charge in [0.2, 0.25) is 0 Å². The lowest BCUT2D eigenvalue weighted by Gasteiger charge is -2.36. The first-order valence-corrected chi connectivity index (χ1v) is 14.7. The van der Waals surface area contributed by atoms with Crippen molar-refractivity contribution in [1.82, 2.24) is 0 Å². The number of aliphatic hydroxyl groups is 1. The molecule has 0 saturated carbocycles. The lowest BCUT2D eigenvalue weighted by molar-refractivity contribution is 0.296. The second-order valence-electron chi connectivity index (χ2n) is 7.99. The summed E-state index contributed by atoms with van der Waals surface area (Å²) in [6, 6.07) is 4.90. The highest BCUT2D eigenvalue weighted by Gasteiger charge is 2.32. The zero-order valence-electron chi connectivity index (χ0n) is 15.8. The number of aliphatic hydroxyl groups excluding tert-OH is 1. The molecule has 0 radical (unpaired) electrons. The third-order valence-corrected chi connectivity index (χ3v) is 11.4. The van der Waals surface area contributed by atoms with E-state index in [-0.39, 0.29) is 0 Å². The maximum Gasteiger partial charge on any atom is 0.0504 e. The number of unbranched alkanes of at least 4 members (excludes halogenated alkanes) is 10. The Balaban J connectivity index is 1.65. The summed E-state index contributed by atoms with van der Waals surface area (Å²) in [4.78, 5) is 0. The fourth-order valence-corrected chi connectivity index (χ4v) is 7.76. The first-order valence-electron chi connectivity index (χ1n) is 10.5. The van der Waals surface area contributed by atoms with Crippen LogP contribution in [-0.2, 0) is 0 Å². The molecular formula is C20H42OSSi. The lowest BCUT2D eigenvalue weighted by Crippen LogP contribution is -2.37. The Labute approximate surface area is 151 Å². The van der Waals surface area contributed by atoms with Gasteiger partial charge in [-0.25, -0.2) is 0 Å². The Morgan fingerprint density at radius 2 is 1.17 bits per heavy atom. The molecule has 1 fully saturated rings. The monoisotopic (exact) mass is 358 g/mol. The molecule has 0 aliphatic carbocycles. The SMILES string of the molecule is C[Si]1(CCCCCCCCCCCCCSCCCO)CCC1. The molecule has 3 heteroatoms. The van der Waals surface area contributed by atoms with Crippen molar-refractivity contribution in [2.75, 3.05) is 18.1 Å². The molecule has 0 bridgehead atoms. The molecule has 0 aromatic heterocycles. The van der Waals surface area contributed by atoms with E-state index in [4.69, 9.17) is 5.11 Å². The molecule has 0 unspecified atom stereocenters. The Bertz CT molecular complexity index is 256. The van der Waals surface area contributed by atoms with Crippen LogP contribution in [0, 0.1) is 0 Å². The largest absolute Gasteiger partial charge is 0.396 e. The molecule has 0 aromatic carbocycles. The van der Waals surface area contributed by atoms with E-state index in [0.717, 1.165) is 12.2 Å². The van der Waals surface area contributed by atoms with Crippen LogP contribution in [0.25, 0.3) is 0 Å². The van der Waals surface area contributed by atoms with Crippen molar-refractivity contribution in [1.29, 1.82) is 0 Å². The highest BCUT2D eigenvalue weighted by molar-refractivity contribution is 7.99. The van der Waals surface area contributed by atoms with Crippen molar-refractivity contribution in [2.45, 2.75) is 108 Å². The third-order valence-electron chi connectivity index (χ3n) is 5.58. The zero-order chi connectivity index (χ0) is 16.6. The van der Waals surface area contributed by atoms with Gasteiger partial charge in [0.25, 0.3) is 0 Å². The van der Waals surface area contributed by atoms with Crippen LogP contribution in [0.5, 0.6) is 0 Å². The minimum absolute atomic E-state index is 0.355. The molecule has 1 rings (SSSR count). The van der Waals surface area contributed by atoms with E-state index in [1.54, 1.807) is 31.0 Å². The van der Waals surface area contributed by atoms with Gasteiger partial charge in [0, 0.05) is 6.61 Å². The van der Waals surface area contributed by atoms with Gasteiger partial charge in [-0.2, -0.15) is 11.8 Å². The Morgan fingerprint density at radius 3 is 1.65 bits per heavy atom. The Kier molecular flexibility index (Phi) is 13.9. The van der Waals surface area contributed by atoms with Crippen molar-refractivity contribution in [2.24, 2.45) is 0 Å². The van der Waals surface area contributed by atoms with Crippen LogP contribution in [0.1, 0.15) is 83.5 Å². The summed E-state index contributed by atoms with van der Waals surface area (Å²) in [5, 5.41) is 8.70. The molecule has 1 N–H and O–H groups in total. The summed E-state index contributed by atoms with van der Waals surface area (Å²) in [5.41, 5.74) is 0. The van der Waals surface area contributed by atoms with Crippen LogP contribution in [0.2, 0.25) is 24.7 Å². The fraction of sp³-hybridized carbons (Fsp3) is 1.00. The molecule has 0 spiro atoms. The molecular weight excluding hydrogens is 316 g/mol. The molecule has 1 aliphatic rings. The van der Waals surface area contributed by atoms with Crippen LogP contribution >= 0.6 is 11.8 Å². The Hall–Kier alpha value is 0.527. The highest BCUT2D eigenvalue weighted by Crippen LogP contribution is 2.36. The second kappa shape index (κ2) is 14.8. The van der Waals surface area contributed by atoms with E-state index < -0.39 is 8.07 Å². The summed E-state index contributed by atoms with van der Waals surface area (Å²) in [6.45, 7) is 2.98. The first kappa shape index (κ1) is 21.6. The predicted molar refractivity (Wildman–Crippen MR) is 110 cm³/mol. The number of rotatable bonds is 17. The van der Waals surface area contributed by atoms with Gasteiger partial charge < -0.3 is 5.11 Å². The van der Waals surface area contributed by atoms with Crippen LogP contribution in [0.4, 0.5) is 0 Å². The lowest BCUT2D eigenvalue weighted by atomic mass is 10.1. The van der Waals surface area contributed by atoms with Crippen LogP contribution in [0.15, 0.2) is 0 Å². The van der Waals surface area contributed by atoms with E-state index in [1.165, 1.54) is 70.0 Å². The van der Waals surface area contributed by atoms with Crippen LogP contribution < -0.4 is 0 Å². The van der Waals surface area contributed by atoms with Crippen molar-refractivity contribution in [3.8, 4) is 0 Å². The van der Waals surface area contributed by atoms with Gasteiger partial charge in [-0.05, 0) is 24.3 Å². The summed E-state index contributed by atoms with van der Waals surface area (Å²) in [5.74, 6) is 2.43. The molecule has 0 amide bonds. The molecule has 1 heterocycles. The van der Waals surface area contributed by atoms with Crippen molar-refractivity contribution in [3.05, 3.63) is 0 Å². The number of hydrogen-bond donors (Lipinski definition) is 1. The van der Waals surface area contributed by atoms with Gasteiger partial charge in [-0.1, -0.05) is 95.3 Å². The standard InChI is InChI=1S/C20H42OSSi/c1-23(19-14-20-23)18-12-10-8-6-4-2-3-5-7-9-11-16-22-17-13-15-21/h21H,2-20H2,1H3. The number of thioether (sulfide) groups is 1. The topological polar surface area (TPSA) is 20.2 Å². The minimum atomic E-state index is -0.616. The van der Waals surface area contributed by atoms with E-state index in [0.29, 0.717) is 6.61 Å². The summed E-state index contributed by atoms with van der Waals surface area (Å²) in [6.07, 6.45) is 18.6. The molecule has 0 atom stereocenters. The van der Waals surface area contributed by atoms with Gasteiger partial charge in [0.15, 0.2) is 0 Å².